The second kappa shape index (κ2) is 16.4. The number of ether oxygens (including phenoxy) is 2. The largest absolute Gasteiger partial charge is 0.444 e. The van der Waals surface area contributed by atoms with Gasteiger partial charge in [0.15, 0.2) is 5.69 Å². The van der Waals surface area contributed by atoms with Crippen molar-refractivity contribution in [3.05, 3.63) is 84.3 Å². The number of nitrogens with zero attached hydrogens (tertiary/aromatic N) is 6. The summed E-state index contributed by atoms with van der Waals surface area (Å²) >= 11 is 0. The third kappa shape index (κ3) is 9.02. The molecule has 7 rings (SSSR count). The van der Waals surface area contributed by atoms with E-state index in [0.717, 1.165) is 48.5 Å². The Morgan fingerprint density at radius 2 is 1.63 bits per heavy atom. The number of likely N-dealkylation sites (N-methyl/N-ethyl adjacent to an activating group) is 1. The maximum absolute atomic E-state index is 14.5. The Morgan fingerprint density at radius 1 is 0.898 bits per heavy atom. The Bertz CT molecular complexity index is 2190. The number of carbonyl (C=O) groups is 3. The van der Waals surface area contributed by atoms with Crippen LogP contribution in [0.2, 0.25) is 11.6 Å². The first-order valence-electron chi connectivity index (χ1n) is 20.5. The SMILES string of the molecule is C[C@H]1CN(c2ccncc2NC(=O)c2nc3cc(N4CCN(C)CC4)ccc3cc2NC(=O)OCc2ccccc2)C[C@@H]2[C@@H]1O[Si](C)(C(C)(C)C)N2C(=O)OC(C)(C)C. The monoisotopic (exact) mass is 822 g/mol. The summed E-state index contributed by atoms with van der Waals surface area (Å²) in [4.78, 5) is 57.8. The van der Waals surface area contributed by atoms with E-state index in [1.54, 1.807) is 18.5 Å². The Morgan fingerprint density at radius 3 is 2.32 bits per heavy atom. The highest BCUT2D eigenvalue weighted by Gasteiger charge is 2.63. The molecule has 2 aromatic heterocycles. The second-order valence-corrected chi connectivity index (χ2v) is 22.4. The van der Waals surface area contributed by atoms with Gasteiger partial charge in [-0.1, -0.05) is 64.1 Å². The molecule has 2 aromatic carbocycles. The molecule has 0 radical (unpaired) electrons. The van der Waals surface area contributed by atoms with E-state index in [4.69, 9.17) is 18.9 Å². The molecule has 3 saturated heterocycles. The number of nitrogens with one attached hydrogen (secondary N) is 2. The molecule has 0 spiro atoms. The Labute approximate surface area is 348 Å². The number of hydrogen-bond donors (Lipinski definition) is 2. The molecule has 314 valence electrons. The summed E-state index contributed by atoms with van der Waals surface area (Å²) in [5.74, 6) is -0.485. The van der Waals surface area contributed by atoms with Gasteiger partial charge in [0.25, 0.3) is 5.91 Å². The number of hydrogen-bond acceptors (Lipinski definition) is 11. The fourth-order valence-electron chi connectivity index (χ4n) is 8.15. The van der Waals surface area contributed by atoms with E-state index in [2.05, 4.69) is 71.6 Å². The van der Waals surface area contributed by atoms with Crippen molar-refractivity contribution in [2.24, 2.45) is 5.92 Å². The number of carbonyl (C=O) groups excluding carboxylic acids is 3. The number of rotatable bonds is 7. The molecule has 3 fully saturated rings. The van der Waals surface area contributed by atoms with Gasteiger partial charge in [-0.05, 0) is 69.2 Å². The van der Waals surface area contributed by atoms with Crippen LogP contribution in [0.4, 0.5) is 32.3 Å². The number of amides is 3. The van der Waals surface area contributed by atoms with Crippen molar-refractivity contribution in [2.45, 2.75) is 84.4 Å². The molecule has 59 heavy (non-hydrogen) atoms. The minimum absolute atomic E-state index is 0.0267. The van der Waals surface area contributed by atoms with E-state index < -0.39 is 26.1 Å². The van der Waals surface area contributed by atoms with Crippen LogP contribution in [0, 0.1) is 5.92 Å². The summed E-state index contributed by atoms with van der Waals surface area (Å²) in [7, 11) is -0.742. The number of pyridine rings is 2. The van der Waals surface area contributed by atoms with Crippen molar-refractivity contribution in [2.75, 3.05) is 66.7 Å². The van der Waals surface area contributed by atoms with Gasteiger partial charge >= 0.3 is 20.7 Å². The van der Waals surface area contributed by atoms with Gasteiger partial charge in [0.1, 0.15) is 12.2 Å². The lowest BCUT2D eigenvalue weighted by molar-refractivity contribution is 0.0292. The third-order valence-electron chi connectivity index (χ3n) is 11.7. The molecule has 0 bridgehead atoms. The molecule has 4 aromatic rings. The van der Waals surface area contributed by atoms with E-state index in [-0.39, 0.29) is 47.2 Å². The highest BCUT2D eigenvalue weighted by Crippen LogP contribution is 2.49. The standard InChI is InChI=1S/C44H58N8O6Si/c1-29-26-51(27-37-39(29)58-59(9,44(5,6)7)52(37)42(55)57-43(2,3)4)36-17-18-45-25-35(36)47-40(53)38-34(48-41(54)56-28-30-13-11-10-12-14-30)23-31-15-16-32(24-33(31)46-38)50-21-19-49(8)20-22-50/h10-18,23-25,29,37,39H,19-22,26-28H2,1-9H3,(H,47,53)(H,48,54)/t29-,37+,39+,59?/m0/s1. The minimum atomic E-state index is -2.86. The molecule has 5 heterocycles. The number of fused-ring (bicyclic) bond motifs is 2. The van der Waals surface area contributed by atoms with Crippen LogP contribution in [0.25, 0.3) is 10.9 Å². The zero-order valence-corrected chi connectivity index (χ0v) is 36.7. The second-order valence-electron chi connectivity index (χ2n) is 18.2. The highest BCUT2D eigenvalue weighted by molar-refractivity contribution is 6.75. The summed E-state index contributed by atoms with van der Waals surface area (Å²) in [5, 5.41) is 6.35. The lowest BCUT2D eigenvalue weighted by atomic mass is 9.92. The first-order chi connectivity index (χ1) is 27.9. The van der Waals surface area contributed by atoms with Gasteiger partial charge in [-0.2, -0.15) is 0 Å². The summed E-state index contributed by atoms with van der Waals surface area (Å²) in [6, 6.07) is 18.7. The minimum Gasteiger partial charge on any atom is -0.444 e. The lowest BCUT2D eigenvalue weighted by Crippen LogP contribution is -2.62. The van der Waals surface area contributed by atoms with E-state index in [1.165, 1.54) is 0 Å². The normalized spacial score (nSPS) is 22.5. The molecular weight excluding hydrogens is 765 g/mol. The van der Waals surface area contributed by atoms with Gasteiger partial charge in [0.2, 0.25) is 0 Å². The molecule has 0 aliphatic carbocycles. The van der Waals surface area contributed by atoms with E-state index >= 15 is 0 Å². The third-order valence-corrected chi connectivity index (χ3v) is 16.7. The van der Waals surface area contributed by atoms with Crippen LogP contribution in [-0.4, -0.2) is 110 Å². The molecular formula is C44H58N8O6Si. The van der Waals surface area contributed by atoms with Crippen LogP contribution in [0.5, 0.6) is 0 Å². The molecule has 3 aliphatic rings. The zero-order chi connectivity index (χ0) is 42.3. The Kier molecular flexibility index (Phi) is 11.7. The maximum Gasteiger partial charge on any atom is 0.412 e. The van der Waals surface area contributed by atoms with E-state index in [0.29, 0.717) is 24.3 Å². The topological polar surface area (TPSA) is 142 Å². The van der Waals surface area contributed by atoms with Crippen molar-refractivity contribution >= 4 is 60.2 Å². The molecule has 14 nitrogen and oxygen atoms in total. The zero-order valence-electron chi connectivity index (χ0n) is 35.7. The average Bonchev–Trinajstić information content (AvgIpc) is 3.51. The molecule has 4 atom stereocenters. The summed E-state index contributed by atoms with van der Waals surface area (Å²) in [6.45, 7) is 21.1. The van der Waals surface area contributed by atoms with Crippen molar-refractivity contribution in [1.29, 1.82) is 0 Å². The fourth-order valence-corrected chi connectivity index (χ4v) is 11.5. The summed E-state index contributed by atoms with van der Waals surface area (Å²) < 4.78 is 20.5. The number of benzene rings is 2. The number of piperazine rings is 1. The van der Waals surface area contributed by atoms with E-state index in [1.807, 2.05) is 79.9 Å². The first kappa shape index (κ1) is 41.9. The summed E-state index contributed by atoms with van der Waals surface area (Å²) in [6.07, 6.45) is 2.05. The van der Waals surface area contributed by atoms with Crippen molar-refractivity contribution in [3.63, 3.8) is 0 Å². The number of anilines is 4. The van der Waals surface area contributed by atoms with Crippen LogP contribution in [-0.2, 0) is 20.5 Å². The molecule has 3 aliphatic heterocycles. The van der Waals surface area contributed by atoms with Crippen LogP contribution >= 0.6 is 0 Å². The fraction of sp³-hybridized carbons (Fsp3) is 0.477. The van der Waals surface area contributed by atoms with Gasteiger partial charge < -0.3 is 38.5 Å². The predicted molar refractivity (Wildman–Crippen MR) is 233 cm³/mol. The van der Waals surface area contributed by atoms with Gasteiger partial charge in [-0.3, -0.25) is 15.1 Å². The highest BCUT2D eigenvalue weighted by atomic mass is 28.4. The quantitative estimate of drug-likeness (QED) is 0.177. The molecule has 15 heteroatoms. The summed E-state index contributed by atoms with van der Waals surface area (Å²) in [5.41, 5.74) is 3.23. The Balaban J connectivity index is 1.19. The van der Waals surface area contributed by atoms with Crippen molar-refractivity contribution < 1.29 is 28.3 Å². The van der Waals surface area contributed by atoms with Crippen LogP contribution in [0.3, 0.4) is 0 Å². The first-order valence-corrected chi connectivity index (χ1v) is 22.8. The predicted octanol–water partition coefficient (Wildman–Crippen LogP) is 7.72. The number of piperidine rings is 1. The van der Waals surface area contributed by atoms with Gasteiger partial charge in [-0.15, -0.1) is 0 Å². The van der Waals surface area contributed by atoms with E-state index in [9.17, 15) is 14.4 Å². The molecule has 0 saturated carbocycles. The number of aromatic nitrogens is 2. The van der Waals surface area contributed by atoms with Gasteiger partial charge in [0, 0.05) is 62.5 Å². The van der Waals surface area contributed by atoms with Crippen LogP contribution in [0.15, 0.2) is 73.1 Å². The maximum atomic E-state index is 14.5. The molecule has 1 unspecified atom stereocenters. The van der Waals surface area contributed by atoms with Crippen LogP contribution in [0.1, 0.15) is 64.5 Å². The molecule has 3 amide bonds. The Hall–Kier alpha value is -5.25. The van der Waals surface area contributed by atoms with Crippen molar-refractivity contribution in [1.82, 2.24) is 19.4 Å². The van der Waals surface area contributed by atoms with Crippen molar-refractivity contribution in [3.8, 4) is 0 Å². The molecule has 2 N–H and O–H groups in total. The average molecular weight is 823 g/mol. The lowest BCUT2D eigenvalue weighted by Gasteiger charge is -2.45. The van der Waals surface area contributed by atoms with Gasteiger partial charge in [0.05, 0.1) is 40.9 Å². The van der Waals surface area contributed by atoms with Gasteiger partial charge in [-0.25, -0.2) is 14.6 Å². The van der Waals surface area contributed by atoms with Crippen LogP contribution < -0.4 is 20.4 Å². The smallest absolute Gasteiger partial charge is 0.412 e.